The lowest BCUT2D eigenvalue weighted by atomic mass is 10.0. The molecule has 0 N–H and O–H groups in total. The highest BCUT2D eigenvalue weighted by Crippen LogP contribution is 2.46. The van der Waals surface area contributed by atoms with Gasteiger partial charge in [-0.2, -0.15) is 0 Å². The van der Waals surface area contributed by atoms with Crippen molar-refractivity contribution < 1.29 is 0 Å². The Morgan fingerprint density at radius 3 is 1.94 bits per heavy atom. The zero-order valence-electron chi connectivity index (χ0n) is 10.6. The van der Waals surface area contributed by atoms with E-state index in [1.165, 1.54) is 48.1 Å². The fourth-order valence-electron chi connectivity index (χ4n) is 3.62. The normalized spacial score (nSPS) is 27.8. The summed E-state index contributed by atoms with van der Waals surface area (Å²) in [6.45, 7) is 6.72. The maximum atomic E-state index is 2.68. The zero-order valence-corrected chi connectivity index (χ0v) is 10.6. The van der Waals surface area contributed by atoms with Gasteiger partial charge in [0.2, 0.25) is 0 Å². The van der Waals surface area contributed by atoms with E-state index in [-0.39, 0.29) is 0 Å². The van der Waals surface area contributed by atoms with Crippen molar-refractivity contribution in [1.82, 2.24) is 0 Å². The molecule has 1 aromatic carbocycles. The molecular formula is C15H21N. The van der Waals surface area contributed by atoms with Crippen LogP contribution in [-0.4, -0.2) is 12.1 Å². The summed E-state index contributed by atoms with van der Waals surface area (Å²) in [4.78, 5) is 2.68. The van der Waals surface area contributed by atoms with Crippen LogP contribution in [0.2, 0.25) is 0 Å². The number of benzene rings is 1. The van der Waals surface area contributed by atoms with Crippen molar-refractivity contribution in [1.29, 1.82) is 0 Å². The standard InChI is InChI=1S/C15H21N/c1-10-8-11(2)15(12(3)9-10)16-13-6-4-5-7-14(13)16/h8-9,13-14H,4-7H2,1-3H3. The summed E-state index contributed by atoms with van der Waals surface area (Å²) in [6.07, 6.45) is 5.69. The molecule has 0 amide bonds. The molecule has 1 aliphatic carbocycles. The molecule has 0 spiro atoms. The van der Waals surface area contributed by atoms with Crippen molar-refractivity contribution in [3.05, 3.63) is 28.8 Å². The van der Waals surface area contributed by atoms with Crippen molar-refractivity contribution >= 4 is 5.69 Å². The number of hydrogen-bond acceptors (Lipinski definition) is 1. The Bertz CT molecular complexity index is 386. The molecule has 2 unspecified atom stereocenters. The van der Waals surface area contributed by atoms with Crippen LogP contribution in [0.3, 0.4) is 0 Å². The van der Waals surface area contributed by atoms with E-state index in [0.29, 0.717) is 0 Å². The van der Waals surface area contributed by atoms with Crippen molar-refractivity contribution in [3.8, 4) is 0 Å². The molecule has 86 valence electrons. The van der Waals surface area contributed by atoms with E-state index in [0.717, 1.165) is 12.1 Å². The van der Waals surface area contributed by atoms with Gasteiger partial charge in [-0.3, -0.25) is 0 Å². The fourth-order valence-corrected chi connectivity index (χ4v) is 3.62. The number of aryl methyl sites for hydroxylation is 3. The summed E-state index contributed by atoms with van der Waals surface area (Å²) >= 11 is 0. The Morgan fingerprint density at radius 2 is 1.44 bits per heavy atom. The lowest BCUT2D eigenvalue weighted by molar-refractivity contribution is 0.571. The minimum Gasteiger partial charge on any atom is -0.361 e. The number of hydrogen-bond donors (Lipinski definition) is 0. The molecule has 1 heteroatoms. The zero-order chi connectivity index (χ0) is 11.3. The topological polar surface area (TPSA) is 3.01 Å². The monoisotopic (exact) mass is 215 g/mol. The van der Waals surface area contributed by atoms with Crippen molar-refractivity contribution in [2.75, 3.05) is 4.90 Å². The lowest BCUT2D eigenvalue weighted by Gasteiger charge is -2.14. The third-order valence-corrected chi connectivity index (χ3v) is 4.21. The van der Waals surface area contributed by atoms with Crippen molar-refractivity contribution in [3.63, 3.8) is 0 Å². The van der Waals surface area contributed by atoms with E-state index in [2.05, 4.69) is 37.8 Å². The van der Waals surface area contributed by atoms with Gasteiger partial charge < -0.3 is 4.90 Å². The average Bonchev–Trinajstić information content (AvgIpc) is 2.91. The Labute approximate surface area is 98.5 Å². The first kappa shape index (κ1) is 10.2. The predicted molar refractivity (Wildman–Crippen MR) is 69.2 cm³/mol. The average molecular weight is 215 g/mol. The van der Waals surface area contributed by atoms with Crippen molar-refractivity contribution in [2.45, 2.75) is 58.5 Å². The SMILES string of the molecule is Cc1cc(C)c(N2C3CCCCC32)c(C)c1. The summed E-state index contributed by atoms with van der Waals surface area (Å²) in [7, 11) is 0. The molecular weight excluding hydrogens is 194 g/mol. The second-order valence-electron chi connectivity index (χ2n) is 5.57. The third kappa shape index (κ3) is 1.45. The fraction of sp³-hybridized carbons (Fsp3) is 0.600. The molecule has 16 heavy (non-hydrogen) atoms. The van der Waals surface area contributed by atoms with Gasteiger partial charge in [0.1, 0.15) is 0 Å². The number of nitrogens with zero attached hydrogens (tertiary/aromatic N) is 1. The molecule has 1 aliphatic heterocycles. The molecule has 1 nitrogen and oxygen atoms in total. The second-order valence-corrected chi connectivity index (χ2v) is 5.57. The van der Waals surface area contributed by atoms with Crippen LogP contribution in [0.25, 0.3) is 0 Å². The summed E-state index contributed by atoms with van der Waals surface area (Å²) < 4.78 is 0. The van der Waals surface area contributed by atoms with Crippen LogP contribution in [0.15, 0.2) is 12.1 Å². The van der Waals surface area contributed by atoms with Crippen LogP contribution in [0.4, 0.5) is 5.69 Å². The van der Waals surface area contributed by atoms with Crippen LogP contribution < -0.4 is 4.90 Å². The second kappa shape index (κ2) is 3.51. The first-order chi connectivity index (χ1) is 7.68. The smallest absolute Gasteiger partial charge is 0.0497 e. The molecule has 0 bridgehead atoms. The van der Waals surface area contributed by atoms with E-state index in [1.807, 2.05) is 0 Å². The lowest BCUT2D eigenvalue weighted by Crippen LogP contribution is -2.03. The highest BCUT2D eigenvalue weighted by Gasteiger charge is 2.49. The Kier molecular flexibility index (Phi) is 2.24. The highest BCUT2D eigenvalue weighted by molar-refractivity contribution is 5.66. The molecule has 0 aromatic heterocycles. The molecule has 3 rings (SSSR count). The molecule has 2 aliphatic rings. The summed E-state index contributed by atoms with van der Waals surface area (Å²) in [6, 6.07) is 6.39. The van der Waals surface area contributed by atoms with Gasteiger partial charge in [0.15, 0.2) is 0 Å². The molecule has 2 atom stereocenters. The van der Waals surface area contributed by atoms with Gasteiger partial charge in [-0.1, -0.05) is 30.5 Å². The van der Waals surface area contributed by atoms with Gasteiger partial charge in [-0.15, -0.1) is 0 Å². The van der Waals surface area contributed by atoms with E-state index in [1.54, 1.807) is 0 Å². The Balaban J connectivity index is 1.96. The van der Waals surface area contributed by atoms with Crippen LogP contribution >= 0.6 is 0 Å². The van der Waals surface area contributed by atoms with Crippen LogP contribution in [0.5, 0.6) is 0 Å². The minimum absolute atomic E-state index is 0.869. The van der Waals surface area contributed by atoms with E-state index in [4.69, 9.17) is 0 Å². The van der Waals surface area contributed by atoms with E-state index >= 15 is 0 Å². The van der Waals surface area contributed by atoms with E-state index < -0.39 is 0 Å². The quantitative estimate of drug-likeness (QED) is 0.645. The maximum absolute atomic E-state index is 2.68. The van der Waals surface area contributed by atoms with Gasteiger partial charge >= 0.3 is 0 Å². The van der Waals surface area contributed by atoms with Gasteiger partial charge in [0, 0.05) is 17.8 Å². The van der Waals surface area contributed by atoms with Gasteiger partial charge in [0.25, 0.3) is 0 Å². The van der Waals surface area contributed by atoms with Crippen LogP contribution in [-0.2, 0) is 0 Å². The molecule has 1 saturated carbocycles. The molecule has 0 radical (unpaired) electrons. The van der Waals surface area contributed by atoms with Gasteiger partial charge in [0.05, 0.1) is 0 Å². The van der Waals surface area contributed by atoms with Gasteiger partial charge in [-0.25, -0.2) is 0 Å². The molecule has 1 aromatic rings. The van der Waals surface area contributed by atoms with Gasteiger partial charge in [-0.05, 0) is 44.7 Å². The summed E-state index contributed by atoms with van der Waals surface area (Å²) in [5.74, 6) is 0. The summed E-state index contributed by atoms with van der Waals surface area (Å²) in [5, 5.41) is 0. The Hall–Kier alpha value is -0.980. The first-order valence-corrected chi connectivity index (χ1v) is 6.54. The number of anilines is 1. The van der Waals surface area contributed by atoms with E-state index in [9.17, 15) is 0 Å². The highest BCUT2D eigenvalue weighted by atomic mass is 15.4. The molecule has 2 fully saturated rings. The largest absolute Gasteiger partial charge is 0.361 e. The van der Waals surface area contributed by atoms with Crippen LogP contribution in [0, 0.1) is 20.8 Å². The maximum Gasteiger partial charge on any atom is 0.0497 e. The predicted octanol–water partition coefficient (Wildman–Crippen LogP) is 3.74. The summed E-state index contributed by atoms with van der Waals surface area (Å²) in [5.41, 5.74) is 5.85. The first-order valence-electron chi connectivity index (χ1n) is 6.54. The molecule has 1 heterocycles. The molecule has 1 saturated heterocycles. The number of fused-ring (bicyclic) bond motifs is 1. The third-order valence-electron chi connectivity index (χ3n) is 4.21. The number of rotatable bonds is 1. The van der Waals surface area contributed by atoms with Crippen molar-refractivity contribution in [2.24, 2.45) is 0 Å². The van der Waals surface area contributed by atoms with Crippen LogP contribution in [0.1, 0.15) is 42.4 Å². The Morgan fingerprint density at radius 1 is 0.938 bits per heavy atom. The minimum atomic E-state index is 0.869.